The van der Waals surface area contributed by atoms with Gasteiger partial charge in [-0.3, -0.25) is 9.89 Å². The summed E-state index contributed by atoms with van der Waals surface area (Å²) in [6.45, 7) is 4.07. The summed E-state index contributed by atoms with van der Waals surface area (Å²) < 4.78 is 22.8. The molecule has 1 amide bonds. The molecule has 18 heavy (non-hydrogen) atoms. The lowest BCUT2D eigenvalue weighted by atomic mass is 10.1. The molecule has 1 aromatic heterocycles. The molecular weight excluding hydrogens is 278 g/mol. The third-order valence-electron chi connectivity index (χ3n) is 3.13. The van der Waals surface area contributed by atoms with Crippen molar-refractivity contribution in [3.05, 3.63) is 11.4 Å². The zero-order valence-electron chi connectivity index (χ0n) is 10.1. The predicted molar refractivity (Wildman–Crippen MR) is 66.0 cm³/mol. The summed E-state index contributed by atoms with van der Waals surface area (Å²) in [5.74, 6) is -0.522. The van der Waals surface area contributed by atoms with Crippen LogP contribution in [0.2, 0.25) is 0 Å². The molecule has 0 atom stereocenters. The van der Waals surface area contributed by atoms with E-state index in [2.05, 4.69) is 22.4 Å². The highest BCUT2D eigenvalue weighted by Gasteiger charge is 2.38. The normalized spacial score (nSPS) is 17.5. The highest BCUT2D eigenvalue weighted by Crippen LogP contribution is 2.44. The molecular formula is C10H14ClN3O3S. The fraction of sp³-hybridized carbons (Fsp3) is 0.600. The van der Waals surface area contributed by atoms with Gasteiger partial charge < -0.3 is 5.32 Å². The average Bonchev–Trinajstić information content (AvgIpc) is 2.83. The van der Waals surface area contributed by atoms with Gasteiger partial charge in [0, 0.05) is 17.2 Å². The summed E-state index contributed by atoms with van der Waals surface area (Å²) in [4.78, 5) is 11.6. The van der Waals surface area contributed by atoms with Crippen LogP contribution in [0.3, 0.4) is 0 Å². The maximum Gasteiger partial charge on any atom is 0.273 e. The molecule has 100 valence electrons. The van der Waals surface area contributed by atoms with Gasteiger partial charge in [0.25, 0.3) is 15.0 Å². The third-order valence-corrected chi connectivity index (χ3v) is 4.58. The molecule has 6 nitrogen and oxygen atoms in total. The van der Waals surface area contributed by atoms with Crippen LogP contribution >= 0.6 is 10.7 Å². The number of nitrogens with one attached hydrogen (secondary N) is 2. The Bertz CT molecular complexity index is 590. The highest BCUT2D eigenvalue weighted by molar-refractivity contribution is 8.13. The molecule has 1 aliphatic rings. The van der Waals surface area contributed by atoms with E-state index in [0.717, 1.165) is 12.8 Å². The summed E-state index contributed by atoms with van der Waals surface area (Å²) in [6.07, 6.45) is 2.13. The van der Waals surface area contributed by atoms with Crippen molar-refractivity contribution in [2.45, 2.75) is 31.6 Å². The van der Waals surface area contributed by atoms with Crippen LogP contribution < -0.4 is 5.32 Å². The highest BCUT2D eigenvalue weighted by atomic mass is 35.7. The van der Waals surface area contributed by atoms with Crippen molar-refractivity contribution in [2.24, 2.45) is 5.41 Å². The second kappa shape index (κ2) is 4.24. The van der Waals surface area contributed by atoms with Crippen molar-refractivity contribution in [1.82, 2.24) is 15.5 Å². The molecule has 1 aromatic rings. The summed E-state index contributed by atoms with van der Waals surface area (Å²) in [6, 6.07) is 0. The molecule has 2 N–H and O–H groups in total. The number of amides is 1. The first-order valence-corrected chi connectivity index (χ1v) is 7.82. The van der Waals surface area contributed by atoms with Gasteiger partial charge in [-0.15, -0.1) is 0 Å². The first-order valence-electron chi connectivity index (χ1n) is 5.51. The molecule has 0 bridgehead atoms. The van der Waals surface area contributed by atoms with Gasteiger partial charge in [-0.05, 0) is 25.2 Å². The second-order valence-corrected chi connectivity index (χ2v) is 7.46. The monoisotopic (exact) mass is 291 g/mol. The van der Waals surface area contributed by atoms with Gasteiger partial charge in [-0.25, -0.2) is 8.42 Å². The Labute approximate surface area is 110 Å². The van der Waals surface area contributed by atoms with E-state index in [1.165, 1.54) is 6.92 Å². The fourth-order valence-corrected chi connectivity index (χ4v) is 2.99. The lowest BCUT2D eigenvalue weighted by Gasteiger charge is -2.09. The lowest BCUT2D eigenvalue weighted by Crippen LogP contribution is -2.30. The van der Waals surface area contributed by atoms with Crippen molar-refractivity contribution < 1.29 is 13.2 Å². The molecule has 1 saturated carbocycles. The van der Waals surface area contributed by atoms with Gasteiger partial charge >= 0.3 is 0 Å². The van der Waals surface area contributed by atoms with Crippen LogP contribution in [0.15, 0.2) is 4.90 Å². The zero-order valence-corrected chi connectivity index (χ0v) is 11.7. The van der Waals surface area contributed by atoms with Gasteiger partial charge in [-0.2, -0.15) is 5.10 Å². The van der Waals surface area contributed by atoms with Gasteiger partial charge in [0.05, 0.1) is 5.69 Å². The minimum absolute atomic E-state index is 0.140. The van der Waals surface area contributed by atoms with Crippen LogP contribution in [0.5, 0.6) is 0 Å². The van der Waals surface area contributed by atoms with Crippen molar-refractivity contribution >= 4 is 25.6 Å². The van der Waals surface area contributed by atoms with E-state index >= 15 is 0 Å². The van der Waals surface area contributed by atoms with Crippen molar-refractivity contribution in [1.29, 1.82) is 0 Å². The van der Waals surface area contributed by atoms with E-state index in [-0.39, 0.29) is 21.7 Å². The maximum absolute atomic E-state index is 11.9. The van der Waals surface area contributed by atoms with Crippen LogP contribution in [-0.2, 0) is 9.05 Å². The number of hydrogen-bond acceptors (Lipinski definition) is 4. The predicted octanol–water partition coefficient (Wildman–Crippen LogP) is 1.18. The van der Waals surface area contributed by atoms with E-state index < -0.39 is 15.0 Å². The molecule has 2 rings (SSSR count). The molecule has 8 heteroatoms. The van der Waals surface area contributed by atoms with Crippen molar-refractivity contribution in [2.75, 3.05) is 6.54 Å². The van der Waals surface area contributed by atoms with E-state index in [1.54, 1.807) is 0 Å². The molecule has 1 aliphatic carbocycles. The van der Waals surface area contributed by atoms with Crippen molar-refractivity contribution in [3.63, 3.8) is 0 Å². The molecule has 1 heterocycles. The minimum Gasteiger partial charge on any atom is -0.350 e. The lowest BCUT2D eigenvalue weighted by molar-refractivity contribution is 0.0938. The smallest absolute Gasteiger partial charge is 0.273 e. The molecule has 1 fully saturated rings. The minimum atomic E-state index is -3.99. The third kappa shape index (κ3) is 2.67. The summed E-state index contributed by atoms with van der Waals surface area (Å²) in [5.41, 5.74) is 0.223. The van der Waals surface area contributed by atoms with E-state index in [9.17, 15) is 13.2 Å². The number of H-pyrrole nitrogens is 1. The second-order valence-electron chi connectivity index (χ2n) is 4.96. The van der Waals surface area contributed by atoms with Crippen LogP contribution in [-0.4, -0.2) is 31.1 Å². The van der Waals surface area contributed by atoms with Crippen molar-refractivity contribution in [3.8, 4) is 0 Å². The standard InChI is InChI=1S/C10H14ClN3O3S/c1-6-8(18(11,16)17)7(14-13-6)9(15)12-5-10(2)3-4-10/h3-5H2,1-2H3,(H,12,15)(H,13,14). The number of aromatic amines is 1. The number of hydrogen-bond donors (Lipinski definition) is 2. The number of aryl methyl sites for hydroxylation is 1. The number of carbonyl (C=O) groups is 1. The number of nitrogens with zero attached hydrogens (tertiary/aromatic N) is 1. The number of aromatic nitrogens is 2. The van der Waals surface area contributed by atoms with Gasteiger partial charge in [-0.1, -0.05) is 6.92 Å². The Hall–Kier alpha value is -1.08. The van der Waals surface area contributed by atoms with E-state index in [1.807, 2.05) is 0 Å². The average molecular weight is 292 g/mol. The van der Waals surface area contributed by atoms with Gasteiger partial charge in [0.2, 0.25) is 0 Å². The Balaban J connectivity index is 2.20. The van der Waals surface area contributed by atoms with Gasteiger partial charge in [0.1, 0.15) is 4.90 Å². The van der Waals surface area contributed by atoms with E-state index in [4.69, 9.17) is 10.7 Å². The summed E-state index contributed by atoms with van der Waals surface area (Å²) >= 11 is 0. The summed E-state index contributed by atoms with van der Waals surface area (Å²) in [7, 11) is 1.30. The Morgan fingerprint density at radius 2 is 2.17 bits per heavy atom. The Kier molecular flexibility index (Phi) is 3.14. The van der Waals surface area contributed by atoms with Crippen LogP contribution in [0.1, 0.15) is 35.9 Å². The molecule has 0 radical (unpaired) electrons. The molecule has 0 aliphatic heterocycles. The molecule has 0 unspecified atom stereocenters. The Morgan fingerprint density at radius 3 is 2.67 bits per heavy atom. The summed E-state index contributed by atoms with van der Waals surface area (Å²) in [5, 5.41) is 8.85. The van der Waals surface area contributed by atoms with E-state index in [0.29, 0.717) is 6.54 Å². The number of rotatable bonds is 4. The molecule has 0 spiro atoms. The van der Waals surface area contributed by atoms with Crippen LogP contribution in [0, 0.1) is 12.3 Å². The fourth-order valence-electron chi connectivity index (χ4n) is 1.64. The number of carbonyl (C=O) groups excluding carboxylic acids is 1. The van der Waals surface area contributed by atoms with Crippen LogP contribution in [0.25, 0.3) is 0 Å². The first kappa shape index (κ1) is 13.4. The molecule has 0 aromatic carbocycles. The largest absolute Gasteiger partial charge is 0.350 e. The van der Waals surface area contributed by atoms with Gasteiger partial charge in [0.15, 0.2) is 5.69 Å². The zero-order chi connectivity index (χ0) is 13.6. The quantitative estimate of drug-likeness (QED) is 0.815. The first-order chi connectivity index (χ1) is 8.23. The SMILES string of the molecule is Cc1[nH]nc(C(=O)NCC2(C)CC2)c1S(=O)(=O)Cl. The maximum atomic E-state index is 11.9. The number of halogens is 1. The van der Waals surface area contributed by atoms with Crippen LogP contribution in [0.4, 0.5) is 0 Å². The Morgan fingerprint density at radius 1 is 1.56 bits per heavy atom. The topological polar surface area (TPSA) is 91.9 Å². The molecule has 0 saturated heterocycles.